The van der Waals surface area contributed by atoms with Crippen molar-refractivity contribution in [1.29, 1.82) is 0 Å². The van der Waals surface area contributed by atoms with Crippen LogP contribution >= 0.6 is 0 Å². The Labute approximate surface area is 115 Å². The van der Waals surface area contributed by atoms with Crippen LogP contribution in [0.3, 0.4) is 0 Å². The van der Waals surface area contributed by atoms with E-state index in [1.54, 1.807) is 5.92 Å². The minimum absolute atomic E-state index is 0. The molecule has 0 saturated heterocycles. The average Bonchev–Trinajstić information content (AvgIpc) is 2.36. The molecular weight excluding hydrogens is 380 g/mol. The van der Waals surface area contributed by atoms with Crippen LogP contribution in [0.15, 0.2) is 0 Å². The Morgan fingerprint density at radius 2 is 2.08 bits per heavy atom. The van der Waals surface area contributed by atoms with E-state index in [0.29, 0.717) is 0 Å². The molecule has 1 fully saturated rings. The first kappa shape index (κ1) is 16.7. The summed E-state index contributed by atoms with van der Waals surface area (Å²) >= 11 is 0. The predicted molar refractivity (Wildman–Crippen MR) is 53.9 cm³/mol. The van der Waals surface area contributed by atoms with Gasteiger partial charge in [-0.3, -0.25) is 0 Å². The molecule has 0 aromatic rings. The second-order valence-electron chi connectivity index (χ2n) is 4.23. The summed E-state index contributed by atoms with van der Waals surface area (Å²) in [5.41, 5.74) is 0. The summed E-state index contributed by atoms with van der Waals surface area (Å²) in [5, 5.41) is 0. The molecule has 0 spiro atoms. The van der Waals surface area contributed by atoms with Crippen LogP contribution in [-0.4, -0.2) is 5.48 Å². The van der Waals surface area contributed by atoms with Crippen molar-refractivity contribution in [2.24, 2.45) is 11.8 Å². The fourth-order valence-electron chi connectivity index (χ4n) is 2.26. The third-order valence-corrected chi connectivity index (χ3v) is 3.10. The standard InChI is InChI=1S/C11H21.H2O.Th/c1-4-5-10(3)11-7-6-9(2)8-11;;/h10-11H,4-8H2,1-3H3;1H2;/q-1;;/t10-,11?;;/m0../s1. The van der Waals surface area contributed by atoms with E-state index in [0.717, 1.165) is 11.8 Å². The van der Waals surface area contributed by atoms with Crippen LogP contribution in [0.2, 0.25) is 0 Å². The molecule has 2 atom stereocenters. The van der Waals surface area contributed by atoms with E-state index in [1.165, 1.54) is 32.1 Å². The van der Waals surface area contributed by atoms with Gasteiger partial charge in [0, 0.05) is 39.9 Å². The van der Waals surface area contributed by atoms with Gasteiger partial charge in [-0.05, 0) is 5.92 Å². The van der Waals surface area contributed by atoms with E-state index < -0.39 is 0 Å². The predicted octanol–water partition coefficient (Wildman–Crippen LogP) is 2.99. The van der Waals surface area contributed by atoms with E-state index in [1.807, 2.05) is 0 Å². The Morgan fingerprint density at radius 1 is 1.46 bits per heavy atom. The Hall–Kier alpha value is 1.28. The van der Waals surface area contributed by atoms with Crippen molar-refractivity contribution in [3.05, 3.63) is 5.92 Å². The van der Waals surface area contributed by atoms with Gasteiger partial charge in [0.15, 0.2) is 0 Å². The molecular formula is C11H23OTh-. The van der Waals surface area contributed by atoms with Gasteiger partial charge in [-0.1, -0.05) is 39.0 Å². The molecule has 0 aliphatic heterocycles. The monoisotopic (exact) mass is 403 g/mol. The summed E-state index contributed by atoms with van der Waals surface area (Å²) in [7, 11) is 0. The molecule has 0 amide bonds. The van der Waals surface area contributed by atoms with Crippen LogP contribution in [0, 0.1) is 57.7 Å². The van der Waals surface area contributed by atoms with E-state index in [-0.39, 0.29) is 45.4 Å². The van der Waals surface area contributed by atoms with Crippen molar-refractivity contribution in [2.75, 3.05) is 0 Å². The van der Waals surface area contributed by atoms with Crippen molar-refractivity contribution >= 4 is 0 Å². The second-order valence-corrected chi connectivity index (χ2v) is 4.23. The molecule has 1 rings (SSSR count). The van der Waals surface area contributed by atoms with Gasteiger partial charge in [0.1, 0.15) is 0 Å². The summed E-state index contributed by atoms with van der Waals surface area (Å²) in [6.07, 6.45) is 7.07. The van der Waals surface area contributed by atoms with E-state index in [4.69, 9.17) is 0 Å². The third kappa shape index (κ3) is 5.66. The van der Waals surface area contributed by atoms with Crippen molar-refractivity contribution in [1.82, 2.24) is 0 Å². The maximum Gasteiger partial charge on any atom is 0 e. The van der Waals surface area contributed by atoms with E-state index in [9.17, 15) is 0 Å². The SMILES string of the molecule is CCC[C@H](C)C1CC[C-](C)C1.O.[Th]. The van der Waals surface area contributed by atoms with Crippen molar-refractivity contribution in [3.8, 4) is 0 Å². The van der Waals surface area contributed by atoms with Crippen LogP contribution in [0.5, 0.6) is 0 Å². The molecule has 13 heavy (non-hydrogen) atoms. The maximum absolute atomic E-state index is 2.42. The zero-order valence-corrected chi connectivity index (χ0v) is 13.3. The molecule has 0 aromatic heterocycles. The largest absolute Gasteiger partial charge is 0.412 e. The summed E-state index contributed by atoms with van der Waals surface area (Å²) < 4.78 is 0. The Kier molecular flexibility index (Phi) is 11.0. The Balaban J connectivity index is 0. The van der Waals surface area contributed by atoms with Gasteiger partial charge in [-0.15, -0.1) is 0 Å². The topological polar surface area (TPSA) is 31.5 Å². The zero-order chi connectivity index (χ0) is 8.27. The van der Waals surface area contributed by atoms with Crippen LogP contribution in [0.25, 0.3) is 0 Å². The van der Waals surface area contributed by atoms with Gasteiger partial charge in [0.25, 0.3) is 0 Å². The fourth-order valence-corrected chi connectivity index (χ4v) is 2.26. The van der Waals surface area contributed by atoms with Crippen molar-refractivity contribution in [3.63, 3.8) is 0 Å². The fraction of sp³-hybridized carbons (Fsp3) is 0.909. The molecule has 2 heteroatoms. The van der Waals surface area contributed by atoms with Crippen LogP contribution in [0.4, 0.5) is 0 Å². The molecule has 1 aliphatic carbocycles. The molecule has 0 heterocycles. The first-order valence-electron chi connectivity index (χ1n) is 5.05. The summed E-state index contributed by atoms with van der Waals surface area (Å²) in [5.74, 6) is 3.73. The van der Waals surface area contributed by atoms with Crippen LogP contribution in [0.1, 0.15) is 52.9 Å². The third-order valence-electron chi connectivity index (χ3n) is 3.10. The first-order chi connectivity index (χ1) is 5.24. The Morgan fingerprint density at radius 3 is 2.46 bits per heavy atom. The minimum atomic E-state index is 0. The molecule has 0 radical (unpaired) electrons. The molecule has 0 bridgehead atoms. The first-order valence-corrected chi connectivity index (χ1v) is 5.05. The van der Waals surface area contributed by atoms with Crippen LogP contribution < -0.4 is 0 Å². The van der Waals surface area contributed by atoms with Gasteiger partial charge >= 0.3 is 0 Å². The smallest absolute Gasteiger partial charge is 0 e. The molecule has 1 saturated carbocycles. The number of hydrogen-bond donors (Lipinski definition) is 0. The zero-order valence-electron chi connectivity index (χ0n) is 9.19. The van der Waals surface area contributed by atoms with Gasteiger partial charge in [0.05, 0.1) is 0 Å². The van der Waals surface area contributed by atoms with Gasteiger partial charge in [-0.25, -0.2) is 0 Å². The molecule has 0 aromatic carbocycles. The summed E-state index contributed by atoms with van der Waals surface area (Å²) in [6, 6.07) is 0. The van der Waals surface area contributed by atoms with Crippen molar-refractivity contribution < 1.29 is 45.4 Å². The van der Waals surface area contributed by atoms with Crippen molar-refractivity contribution in [2.45, 2.75) is 52.9 Å². The van der Waals surface area contributed by atoms with E-state index in [2.05, 4.69) is 20.8 Å². The quantitative estimate of drug-likeness (QED) is 0.649. The minimum Gasteiger partial charge on any atom is -0.412 e. The van der Waals surface area contributed by atoms with E-state index >= 15 is 0 Å². The van der Waals surface area contributed by atoms with Gasteiger partial charge < -0.3 is 11.4 Å². The van der Waals surface area contributed by atoms with Gasteiger partial charge in [0.2, 0.25) is 0 Å². The Bertz CT molecular complexity index is 117. The molecule has 1 unspecified atom stereocenters. The summed E-state index contributed by atoms with van der Waals surface area (Å²) in [4.78, 5) is 0. The summed E-state index contributed by atoms with van der Waals surface area (Å²) in [6.45, 7) is 7.04. The normalized spacial score (nSPS) is 24.7. The molecule has 1 nitrogen and oxygen atoms in total. The molecule has 1 aliphatic rings. The average molecular weight is 403 g/mol. The second kappa shape index (κ2) is 8.58. The van der Waals surface area contributed by atoms with Gasteiger partial charge in [-0.2, -0.15) is 19.8 Å². The number of hydrogen-bond acceptors (Lipinski definition) is 0. The molecule has 78 valence electrons. The van der Waals surface area contributed by atoms with Crippen LogP contribution in [-0.2, 0) is 0 Å². The maximum atomic E-state index is 2.42. The molecule has 2 N–H and O–H groups in total. The number of rotatable bonds is 3.